The van der Waals surface area contributed by atoms with E-state index in [2.05, 4.69) is 20.8 Å². The van der Waals surface area contributed by atoms with Crippen molar-refractivity contribution in [1.29, 1.82) is 0 Å². The number of urea groups is 1. The molecule has 70 valence electrons. The molecule has 0 aliphatic carbocycles. The van der Waals surface area contributed by atoms with Gasteiger partial charge in [0, 0.05) is 25.2 Å². The van der Waals surface area contributed by atoms with Crippen LogP contribution in [-0.4, -0.2) is 41.0 Å². The van der Waals surface area contributed by atoms with E-state index < -0.39 is 0 Å². The highest BCUT2D eigenvalue weighted by Gasteiger charge is 2.34. The van der Waals surface area contributed by atoms with Crippen LogP contribution in [0.1, 0.15) is 27.7 Å². The van der Waals surface area contributed by atoms with Gasteiger partial charge in [0.25, 0.3) is 0 Å². The summed E-state index contributed by atoms with van der Waals surface area (Å²) in [6.07, 6.45) is 0. The van der Waals surface area contributed by atoms with Crippen LogP contribution < -0.4 is 0 Å². The lowest BCUT2D eigenvalue weighted by atomic mass is 10.1. The Morgan fingerprint density at radius 3 is 2.17 bits per heavy atom. The Balaban J connectivity index is 2.67. The highest BCUT2D eigenvalue weighted by Crippen LogP contribution is 2.19. The molecule has 0 atom stereocenters. The second-order valence-corrected chi connectivity index (χ2v) is 4.18. The lowest BCUT2D eigenvalue weighted by Crippen LogP contribution is -2.44. The van der Waals surface area contributed by atoms with Crippen LogP contribution in [0.2, 0.25) is 0 Å². The van der Waals surface area contributed by atoms with Crippen molar-refractivity contribution < 1.29 is 4.79 Å². The number of hydrogen-bond acceptors (Lipinski definition) is 1. The van der Waals surface area contributed by atoms with E-state index in [1.54, 1.807) is 0 Å². The molecule has 0 saturated carbocycles. The van der Waals surface area contributed by atoms with E-state index in [1.807, 2.05) is 16.7 Å². The standard InChI is InChI=1S/C9H18N2O/c1-5-10-6-7-11(8(10)12)9(2,3)4/h5-7H2,1-4H3. The van der Waals surface area contributed by atoms with E-state index in [0.717, 1.165) is 19.6 Å². The zero-order chi connectivity index (χ0) is 9.35. The molecule has 2 amide bonds. The van der Waals surface area contributed by atoms with E-state index in [1.165, 1.54) is 0 Å². The lowest BCUT2D eigenvalue weighted by Gasteiger charge is -2.31. The van der Waals surface area contributed by atoms with Gasteiger partial charge in [0.15, 0.2) is 0 Å². The molecule has 0 radical (unpaired) electrons. The summed E-state index contributed by atoms with van der Waals surface area (Å²) in [7, 11) is 0. The van der Waals surface area contributed by atoms with Crippen molar-refractivity contribution in [3.05, 3.63) is 0 Å². The van der Waals surface area contributed by atoms with E-state index in [-0.39, 0.29) is 11.6 Å². The molecule has 1 rings (SSSR count). The van der Waals surface area contributed by atoms with Gasteiger partial charge in [-0.1, -0.05) is 0 Å². The van der Waals surface area contributed by atoms with Crippen molar-refractivity contribution in [3.63, 3.8) is 0 Å². The third-order valence-corrected chi connectivity index (χ3v) is 2.29. The van der Waals surface area contributed by atoms with Crippen LogP contribution in [0.15, 0.2) is 0 Å². The fourth-order valence-electron chi connectivity index (χ4n) is 1.50. The maximum Gasteiger partial charge on any atom is 0.320 e. The average Bonchev–Trinajstić information content (AvgIpc) is 2.29. The summed E-state index contributed by atoms with van der Waals surface area (Å²) in [5, 5.41) is 0. The Morgan fingerprint density at radius 1 is 1.33 bits per heavy atom. The third-order valence-electron chi connectivity index (χ3n) is 2.29. The largest absolute Gasteiger partial charge is 0.323 e. The highest BCUT2D eigenvalue weighted by molar-refractivity contribution is 5.77. The first kappa shape index (κ1) is 9.36. The molecular weight excluding hydrogens is 152 g/mol. The zero-order valence-electron chi connectivity index (χ0n) is 8.42. The molecule has 0 bridgehead atoms. The predicted molar refractivity (Wildman–Crippen MR) is 49.1 cm³/mol. The van der Waals surface area contributed by atoms with Gasteiger partial charge in [0.1, 0.15) is 0 Å². The minimum absolute atomic E-state index is 0.0268. The number of amides is 2. The molecule has 0 aromatic heterocycles. The molecule has 1 fully saturated rings. The van der Waals surface area contributed by atoms with E-state index in [9.17, 15) is 4.79 Å². The number of hydrogen-bond donors (Lipinski definition) is 0. The molecule has 0 unspecified atom stereocenters. The maximum atomic E-state index is 11.6. The molecule has 3 heteroatoms. The number of carbonyl (C=O) groups is 1. The second kappa shape index (κ2) is 2.96. The van der Waals surface area contributed by atoms with Gasteiger partial charge in [-0.05, 0) is 27.7 Å². The summed E-state index contributed by atoms with van der Waals surface area (Å²) in [5.74, 6) is 0. The molecule has 1 heterocycles. The fraction of sp³-hybridized carbons (Fsp3) is 0.889. The number of nitrogens with zero attached hydrogens (tertiary/aromatic N) is 2. The molecule has 3 nitrogen and oxygen atoms in total. The molecule has 1 saturated heterocycles. The van der Waals surface area contributed by atoms with Crippen molar-refractivity contribution in [2.75, 3.05) is 19.6 Å². The first-order valence-electron chi connectivity index (χ1n) is 4.53. The summed E-state index contributed by atoms with van der Waals surface area (Å²) in [4.78, 5) is 15.4. The molecule has 12 heavy (non-hydrogen) atoms. The van der Waals surface area contributed by atoms with Crippen LogP contribution in [0, 0.1) is 0 Å². The van der Waals surface area contributed by atoms with Gasteiger partial charge < -0.3 is 9.80 Å². The quantitative estimate of drug-likeness (QED) is 0.585. The zero-order valence-corrected chi connectivity index (χ0v) is 8.42. The molecule has 0 aromatic carbocycles. The molecular formula is C9H18N2O. The summed E-state index contributed by atoms with van der Waals surface area (Å²) < 4.78 is 0. The van der Waals surface area contributed by atoms with Crippen molar-refractivity contribution in [3.8, 4) is 0 Å². The fourth-order valence-corrected chi connectivity index (χ4v) is 1.50. The minimum atomic E-state index is -0.0268. The van der Waals surface area contributed by atoms with Gasteiger partial charge >= 0.3 is 6.03 Å². The van der Waals surface area contributed by atoms with Gasteiger partial charge in [-0.2, -0.15) is 0 Å². The molecule has 0 spiro atoms. The first-order valence-corrected chi connectivity index (χ1v) is 4.53. The Labute approximate surface area is 74.3 Å². The third kappa shape index (κ3) is 1.54. The Hall–Kier alpha value is -0.730. The number of rotatable bonds is 1. The average molecular weight is 170 g/mol. The van der Waals surface area contributed by atoms with Crippen molar-refractivity contribution in [1.82, 2.24) is 9.80 Å². The Morgan fingerprint density at radius 2 is 1.92 bits per heavy atom. The normalized spacial score (nSPS) is 19.2. The molecule has 0 aromatic rings. The van der Waals surface area contributed by atoms with Gasteiger partial charge in [-0.3, -0.25) is 0 Å². The van der Waals surface area contributed by atoms with Gasteiger partial charge in [-0.15, -0.1) is 0 Å². The van der Waals surface area contributed by atoms with Crippen LogP contribution in [0.25, 0.3) is 0 Å². The van der Waals surface area contributed by atoms with Crippen molar-refractivity contribution in [2.45, 2.75) is 33.2 Å². The van der Waals surface area contributed by atoms with Gasteiger partial charge in [0.2, 0.25) is 0 Å². The van der Waals surface area contributed by atoms with Crippen LogP contribution in [0.5, 0.6) is 0 Å². The van der Waals surface area contributed by atoms with Crippen LogP contribution in [0.3, 0.4) is 0 Å². The smallest absolute Gasteiger partial charge is 0.320 e. The summed E-state index contributed by atoms with van der Waals surface area (Å²) in [6, 6.07) is 0.185. The van der Waals surface area contributed by atoms with E-state index in [4.69, 9.17) is 0 Å². The van der Waals surface area contributed by atoms with Gasteiger partial charge in [0.05, 0.1) is 0 Å². The van der Waals surface area contributed by atoms with E-state index in [0.29, 0.717) is 0 Å². The Bertz CT molecular complexity index is 183. The van der Waals surface area contributed by atoms with Crippen molar-refractivity contribution in [2.24, 2.45) is 0 Å². The molecule has 1 aliphatic heterocycles. The van der Waals surface area contributed by atoms with Crippen LogP contribution in [0.4, 0.5) is 4.79 Å². The lowest BCUT2D eigenvalue weighted by molar-refractivity contribution is 0.156. The maximum absolute atomic E-state index is 11.6. The first-order chi connectivity index (χ1) is 5.46. The predicted octanol–water partition coefficient (Wildman–Crippen LogP) is 1.54. The van der Waals surface area contributed by atoms with Gasteiger partial charge in [-0.25, -0.2) is 4.79 Å². The topological polar surface area (TPSA) is 23.6 Å². The minimum Gasteiger partial charge on any atom is -0.323 e. The number of likely N-dealkylation sites (N-methyl/N-ethyl adjacent to an activating group) is 1. The monoisotopic (exact) mass is 170 g/mol. The molecule has 1 aliphatic rings. The summed E-state index contributed by atoms with van der Waals surface area (Å²) in [5.41, 5.74) is -0.0268. The second-order valence-electron chi connectivity index (χ2n) is 4.18. The summed E-state index contributed by atoms with van der Waals surface area (Å²) in [6.45, 7) is 10.8. The highest BCUT2D eigenvalue weighted by atomic mass is 16.2. The molecule has 0 N–H and O–H groups in total. The van der Waals surface area contributed by atoms with E-state index >= 15 is 0 Å². The SMILES string of the molecule is CCN1CCN(C(C)(C)C)C1=O. The van der Waals surface area contributed by atoms with Crippen molar-refractivity contribution >= 4 is 6.03 Å². The van der Waals surface area contributed by atoms with Crippen LogP contribution >= 0.6 is 0 Å². The number of carbonyl (C=O) groups excluding carboxylic acids is 1. The Kier molecular flexibility index (Phi) is 2.31. The van der Waals surface area contributed by atoms with Crippen LogP contribution in [-0.2, 0) is 0 Å². The summed E-state index contributed by atoms with van der Waals surface area (Å²) >= 11 is 0.